The van der Waals surface area contributed by atoms with Crippen LogP contribution in [0.3, 0.4) is 0 Å². The van der Waals surface area contributed by atoms with Crippen molar-refractivity contribution in [2.75, 3.05) is 49.2 Å². The van der Waals surface area contributed by atoms with Crippen molar-refractivity contribution in [1.29, 1.82) is 0 Å². The maximum atomic E-state index is 11.2. The van der Waals surface area contributed by atoms with E-state index in [1.54, 1.807) is 0 Å². The van der Waals surface area contributed by atoms with Crippen LogP contribution < -0.4 is 9.80 Å². The Labute approximate surface area is 203 Å². The summed E-state index contributed by atoms with van der Waals surface area (Å²) in [5.74, 6) is 3.38. The third kappa shape index (κ3) is 3.72. The largest absolute Gasteiger partial charge is 0.378 e. The molecule has 0 unspecified atom stereocenters. The molecule has 5 heterocycles. The molecule has 0 radical (unpaired) electrons. The van der Waals surface area contributed by atoms with E-state index in [-0.39, 0.29) is 5.92 Å². The van der Waals surface area contributed by atoms with Gasteiger partial charge < -0.3 is 19.3 Å². The van der Waals surface area contributed by atoms with E-state index in [9.17, 15) is 4.79 Å². The molecule has 0 bridgehead atoms. The number of para-hydroxylation sites is 2. The first kappa shape index (κ1) is 22.0. The third-order valence-corrected chi connectivity index (χ3v) is 7.14. The number of carbonyl (C=O) groups excluding carboxylic acids is 1. The van der Waals surface area contributed by atoms with Crippen LogP contribution in [0.5, 0.6) is 0 Å². The summed E-state index contributed by atoms with van der Waals surface area (Å²) in [4.78, 5) is 35.8. The monoisotopic (exact) mass is 474 g/mol. The Bertz CT molecular complexity index is 1380. The minimum Gasteiger partial charge on any atom is -0.378 e. The number of aromatic nitrogens is 6. The number of aryl methyl sites for hydroxylation is 2. The van der Waals surface area contributed by atoms with Crippen LogP contribution in [0.25, 0.3) is 28.1 Å². The number of ether oxygens (including phenoxy) is 1. The van der Waals surface area contributed by atoms with Crippen LogP contribution in [0, 0.1) is 5.92 Å². The van der Waals surface area contributed by atoms with Gasteiger partial charge in [-0.15, -0.1) is 0 Å². The summed E-state index contributed by atoms with van der Waals surface area (Å²) >= 11 is 0. The summed E-state index contributed by atoms with van der Waals surface area (Å²) in [5.41, 5.74) is 3.52. The molecule has 10 heteroatoms. The van der Waals surface area contributed by atoms with Crippen LogP contribution in [0.15, 0.2) is 24.3 Å². The van der Waals surface area contributed by atoms with E-state index >= 15 is 0 Å². The zero-order valence-electron chi connectivity index (χ0n) is 20.2. The van der Waals surface area contributed by atoms with E-state index in [0.29, 0.717) is 19.2 Å². The van der Waals surface area contributed by atoms with Gasteiger partial charge in [0.05, 0.1) is 24.2 Å². The SMILES string of the molecule is CCc1nc2ccccc2n1-c1nc(N2CCOCC2)c2nc(N3CCC(C=O)CC3)n(C)c2n1. The Morgan fingerprint density at radius 1 is 1.00 bits per heavy atom. The van der Waals surface area contributed by atoms with Gasteiger partial charge in [-0.2, -0.15) is 9.97 Å². The number of hydrogen-bond acceptors (Lipinski definition) is 8. The van der Waals surface area contributed by atoms with E-state index in [2.05, 4.69) is 31.9 Å². The van der Waals surface area contributed by atoms with Gasteiger partial charge in [0.15, 0.2) is 17.0 Å². The third-order valence-electron chi connectivity index (χ3n) is 7.14. The highest BCUT2D eigenvalue weighted by Crippen LogP contribution is 2.31. The van der Waals surface area contributed by atoms with Gasteiger partial charge in [0.2, 0.25) is 11.9 Å². The number of aldehydes is 1. The minimum absolute atomic E-state index is 0.137. The second-order valence-corrected chi connectivity index (χ2v) is 9.26. The summed E-state index contributed by atoms with van der Waals surface area (Å²) in [5, 5.41) is 0. The van der Waals surface area contributed by atoms with E-state index < -0.39 is 0 Å². The highest BCUT2D eigenvalue weighted by atomic mass is 16.5. The first-order valence-corrected chi connectivity index (χ1v) is 12.4. The number of anilines is 2. The second kappa shape index (κ2) is 8.92. The minimum atomic E-state index is 0.137. The van der Waals surface area contributed by atoms with Crippen molar-refractivity contribution in [2.45, 2.75) is 26.2 Å². The lowest BCUT2D eigenvalue weighted by Crippen LogP contribution is -2.37. The maximum Gasteiger partial charge on any atom is 0.239 e. The van der Waals surface area contributed by atoms with E-state index in [4.69, 9.17) is 24.7 Å². The molecule has 10 nitrogen and oxygen atoms in total. The molecule has 2 aliphatic heterocycles. The number of benzene rings is 1. The Morgan fingerprint density at radius 2 is 1.77 bits per heavy atom. The summed E-state index contributed by atoms with van der Waals surface area (Å²) in [6.45, 7) is 6.55. The van der Waals surface area contributed by atoms with E-state index in [0.717, 1.165) is 91.5 Å². The van der Waals surface area contributed by atoms with Crippen LogP contribution in [0.4, 0.5) is 11.8 Å². The molecule has 182 valence electrons. The van der Waals surface area contributed by atoms with Gasteiger partial charge in [-0.05, 0) is 25.0 Å². The lowest BCUT2D eigenvalue weighted by atomic mass is 9.99. The number of piperidine rings is 1. The zero-order valence-corrected chi connectivity index (χ0v) is 20.2. The first-order chi connectivity index (χ1) is 17.2. The Hall–Kier alpha value is -3.53. The molecular formula is C25H30N8O2. The van der Waals surface area contributed by atoms with Gasteiger partial charge in [0.25, 0.3) is 0 Å². The second-order valence-electron chi connectivity index (χ2n) is 9.26. The van der Waals surface area contributed by atoms with Gasteiger partial charge in [0.1, 0.15) is 12.1 Å². The fourth-order valence-corrected chi connectivity index (χ4v) is 5.17. The lowest BCUT2D eigenvalue weighted by Gasteiger charge is -2.30. The van der Waals surface area contributed by atoms with E-state index in [1.165, 1.54) is 0 Å². The van der Waals surface area contributed by atoms with Crippen molar-refractivity contribution in [3.8, 4) is 5.95 Å². The predicted octanol–water partition coefficient (Wildman–Crippen LogP) is 2.52. The Balaban J connectivity index is 1.53. The molecule has 6 rings (SSSR count). The van der Waals surface area contributed by atoms with Crippen LogP contribution >= 0.6 is 0 Å². The maximum absolute atomic E-state index is 11.2. The van der Waals surface area contributed by atoms with Gasteiger partial charge >= 0.3 is 0 Å². The molecule has 0 saturated carbocycles. The molecule has 0 amide bonds. The number of rotatable bonds is 5. The van der Waals surface area contributed by atoms with Crippen molar-refractivity contribution in [3.63, 3.8) is 0 Å². The normalized spacial score (nSPS) is 17.5. The molecule has 2 fully saturated rings. The van der Waals surface area contributed by atoms with Crippen molar-refractivity contribution >= 4 is 40.2 Å². The Kier molecular flexibility index (Phi) is 5.60. The number of nitrogens with zero attached hydrogens (tertiary/aromatic N) is 8. The van der Waals surface area contributed by atoms with Gasteiger partial charge in [-0.1, -0.05) is 19.1 Å². The number of fused-ring (bicyclic) bond motifs is 2. The van der Waals surface area contributed by atoms with Crippen molar-refractivity contribution < 1.29 is 9.53 Å². The molecule has 0 spiro atoms. The fraction of sp³-hybridized carbons (Fsp3) is 0.480. The molecule has 0 N–H and O–H groups in total. The number of imidazole rings is 2. The van der Waals surface area contributed by atoms with Crippen LogP contribution in [0.2, 0.25) is 0 Å². The van der Waals surface area contributed by atoms with Gasteiger partial charge in [-0.25, -0.2) is 9.97 Å². The molecule has 4 aromatic rings. The van der Waals surface area contributed by atoms with Crippen molar-refractivity contribution in [1.82, 2.24) is 29.1 Å². The summed E-state index contributed by atoms with van der Waals surface area (Å²) in [7, 11) is 2.02. The quantitative estimate of drug-likeness (QED) is 0.407. The lowest BCUT2D eigenvalue weighted by molar-refractivity contribution is -0.111. The molecule has 3 aromatic heterocycles. The van der Waals surface area contributed by atoms with Gasteiger partial charge in [-0.3, -0.25) is 9.13 Å². The molecule has 2 saturated heterocycles. The van der Waals surface area contributed by atoms with Crippen LogP contribution in [-0.4, -0.2) is 74.7 Å². The molecule has 35 heavy (non-hydrogen) atoms. The molecule has 0 aliphatic carbocycles. The smallest absolute Gasteiger partial charge is 0.239 e. The number of morpholine rings is 1. The first-order valence-electron chi connectivity index (χ1n) is 12.4. The summed E-state index contributed by atoms with van der Waals surface area (Å²) in [6.07, 6.45) is 3.55. The van der Waals surface area contributed by atoms with Crippen molar-refractivity contribution in [3.05, 3.63) is 30.1 Å². The molecule has 1 aromatic carbocycles. The molecular weight excluding hydrogens is 444 g/mol. The average molecular weight is 475 g/mol. The molecule has 2 aliphatic rings. The fourth-order valence-electron chi connectivity index (χ4n) is 5.17. The number of carbonyl (C=O) groups is 1. The predicted molar refractivity (Wildman–Crippen MR) is 134 cm³/mol. The molecule has 0 atom stereocenters. The summed E-state index contributed by atoms with van der Waals surface area (Å²) in [6, 6.07) is 8.11. The van der Waals surface area contributed by atoms with Gasteiger partial charge in [0, 0.05) is 45.6 Å². The van der Waals surface area contributed by atoms with Crippen LogP contribution in [0.1, 0.15) is 25.6 Å². The van der Waals surface area contributed by atoms with Crippen molar-refractivity contribution in [2.24, 2.45) is 13.0 Å². The standard InChI is InChI=1S/C25H30N8O2/c1-3-20-26-18-6-4-5-7-19(18)33(20)24-28-22-21(23(29-24)31-12-14-35-15-13-31)27-25(30(22)2)32-10-8-17(16-34)9-11-32/h4-7,16-17H,3,8-15H2,1-2H3. The summed E-state index contributed by atoms with van der Waals surface area (Å²) < 4.78 is 9.75. The number of hydrogen-bond donors (Lipinski definition) is 0. The Morgan fingerprint density at radius 3 is 2.51 bits per heavy atom. The highest BCUT2D eigenvalue weighted by molar-refractivity contribution is 5.87. The zero-order chi connectivity index (χ0) is 23.9. The van der Waals surface area contributed by atoms with Crippen LogP contribution in [-0.2, 0) is 23.0 Å². The highest BCUT2D eigenvalue weighted by Gasteiger charge is 2.27. The van der Waals surface area contributed by atoms with E-state index in [1.807, 2.05) is 25.2 Å². The topological polar surface area (TPSA) is 94.2 Å². The average Bonchev–Trinajstić information content (AvgIpc) is 3.46.